The molecule has 0 aliphatic heterocycles. The van der Waals surface area contributed by atoms with Crippen molar-refractivity contribution in [2.75, 3.05) is 7.11 Å². The van der Waals surface area contributed by atoms with Gasteiger partial charge >= 0.3 is 0 Å². The van der Waals surface area contributed by atoms with Gasteiger partial charge in [-0.15, -0.1) is 11.3 Å². The first kappa shape index (κ1) is 11.7. The second-order valence-corrected chi connectivity index (χ2v) is 6.07. The molecule has 0 atom stereocenters. The van der Waals surface area contributed by atoms with Crippen LogP contribution in [0.1, 0.15) is 5.01 Å². The van der Waals surface area contributed by atoms with Gasteiger partial charge in [-0.05, 0) is 35.9 Å². The monoisotopic (exact) mass is 279 g/mol. The lowest BCUT2D eigenvalue weighted by atomic mass is 10.0. The fraction of sp³-hybridized carbons (Fsp3) is 0.118. The van der Waals surface area contributed by atoms with E-state index in [-0.39, 0.29) is 0 Å². The van der Waals surface area contributed by atoms with E-state index in [2.05, 4.69) is 43.3 Å². The van der Waals surface area contributed by atoms with Crippen LogP contribution in [0.4, 0.5) is 0 Å². The van der Waals surface area contributed by atoms with Gasteiger partial charge in [0.25, 0.3) is 0 Å². The zero-order valence-electron chi connectivity index (χ0n) is 11.3. The summed E-state index contributed by atoms with van der Waals surface area (Å²) in [6, 6.07) is 14.8. The van der Waals surface area contributed by atoms with Crippen molar-refractivity contribution in [2.45, 2.75) is 6.92 Å². The first-order chi connectivity index (χ1) is 9.78. The Bertz CT molecular complexity index is 955. The first-order valence-corrected chi connectivity index (χ1v) is 7.35. The van der Waals surface area contributed by atoms with Crippen molar-refractivity contribution in [3.05, 3.63) is 47.5 Å². The number of methoxy groups -OCH3 is 1. The van der Waals surface area contributed by atoms with Crippen LogP contribution in [0.2, 0.25) is 0 Å². The van der Waals surface area contributed by atoms with E-state index in [9.17, 15) is 0 Å². The smallest absolute Gasteiger partial charge is 0.119 e. The summed E-state index contributed by atoms with van der Waals surface area (Å²) in [5.74, 6) is 0.875. The predicted octanol–water partition coefficient (Wildman–Crippen LogP) is 4.92. The van der Waals surface area contributed by atoms with E-state index in [1.807, 2.05) is 6.07 Å². The van der Waals surface area contributed by atoms with Crippen LogP contribution in [0, 0.1) is 6.92 Å². The molecule has 98 valence electrons. The largest absolute Gasteiger partial charge is 0.497 e. The second-order valence-electron chi connectivity index (χ2n) is 4.87. The fourth-order valence-electron chi connectivity index (χ4n) is 2.79. The molecule has 3 heteroatoms. The Morgan fingerprint density at radius 2 is 1.70 bits per heavy atom. The van der Waals surface area contributed by atoms with Crippen molar-refractivity contribution in [1.29, 1.82) is 0 Å². The van der Waals surface area contributed by atoms with Crippen molar-refractivity contribution in [2.24, 2.45) is 0 Å². The molecule has 0 radical (unpaired) electrons. The Hall–Kier alpha value is -2.13. The molecule has 0 saturated carbocycles. The molecular formula is C17H13NOS. The van der Waals surface area contributed by atoms with Crippen LogP contribution in [0.15, 0.2) is 42.5 Å². The minimum atomic E-state index is 0.875. The average Bonchev–Trinajstić information content (AvgIpc) is 2.89. The number of benzene rings is 3. The molecule has 3 aromatic carbocycles. The second kappa shape index (κ2) is 4.18. The van der Waals surface area contributed by atoms with Crippen LogP contribution in [0.3, 0.4) is 0 Å². The normalized spacial score (nSPS) is 11.5. The summed E-state index contributed by atoms with van der Waals surface area (Å²) in [6.45, 7) is 2.06. The van der Waals surface area contributed by atoms with E-state index in [1.165, 1.54) is 26.2 Å². The number of hydrogen-bond acceptors (Lipinski definition) is 3. The highest BCUT2D eigenvalue weighted by atomic mass is 32.1. The van der Waals surface area contributed by atoms with Crippen LogP contribution >= 0.6 is 11.3 Å². The maximum absolute atomic E-state index is 5.37. The van der Waals surface area contributed by atoms with Crippen LogP contribution in [-0.2, 0) is 0 Å². The number of rotatable bonds is 1. The van der Waals surface area contributed by atoms with Crippen LogP contribution in [0.25, 0.3) is 31.8 Å². The summed E-state index contributed by atoms with van der Waals surface area (Å²) in [4.78, 5) is 4.73. The van der Waals surface area contributed by atoms with Gasteiger partial charge in [-0.3, -0.25) is 0 Å². The van der Waals surface area contributed by atoms with Crippen LogP contribution in [-0.4, -0.2) is 12.1 Å². The standard InChI is InChI=1S/C17H13NOS/c1-10-18-16-15-9-11(19-2)7-8-13(15)12-5-3-4-6-14(12)17(16)20-10/h3-9H,1-2H3. The third-order valence-electron chi connectivity index (χ3n) is 3.68. The SMILES string of the molecule is COc1ccc2c3ccccc3c3sc(C)nc3c2c1. The summed E-state index contributed by atoms with van der Waals surface area (Å²) < 4.78 is 6.63. The summed E-state index contributed by atoms with van der Waals surface area (Å²) in [6.07, 6.45) is 0. The molecule has 0 spiro atoms. The van der Waals surface area contributed by atoms with Crippen molar-refractivity contribution in [3.63, 3.8) is 0 Å². The lowest BCUT2D eigenvalue weighted by Gasteiger charge is -2.07. The molecule has 4 aromatic rings. The van der Waals surface area contributed by atoms with E-state index in [0.29, 0.717) is 0 Å². The van der Waals surface area contributed by atoms with Gasteiger partial charge in [0.15, 0.2) is 0 Å². The Kier molecular flexibility index (Phi) is 2.44. The summed E-state index contributed by atoms with van der Waals surface area (Å²) in [5, 5.41) is 6.06. The zero-order chi connectivity index (χ0) is 13.7. The molecule has 0 unspecified atom stereocenters. The Balaban J connectivity index is 2.34. The maximum Gasteiger partial charge on any atom is 0.119 e. The molecule has 0 aliphatic rings. The van der Waals surface area contributed by atoms with Crippen molar-refractivity contribution in [1.82, 2.24) is 4.98 Å². The number of aryl methyl sites for hydroxylation is 1. The predicted molar refractivity (Wildman–Crippen MR) is 85.9 cm³/mol. The van der Waals surface area contributed by atoms with E-state index < -0.39 is 0 Å². The van der Waals surface area contributed by atoms with Gasteiger partial charge in [-0.2, -0.15) is 0 Å². The fourth-order valence-corrected chi connectivity index (χ4v) is 3.76. The highest BCUT2D eigenvalue weighted by Gasteiger charge is 2.12. The minimum absolute atomic E-state index is 0.875. The van der Waals surface area contributed by atoms with Crippen molar-refractivity contribution < 1.29 is 4.74 Å². The Morgan fingerprint density at radius 1 is 0.950 bits per heavy atom. The third kappa shape index (κ3) is 1.53. The number of fused-ring (bicyclic) bond motifs is 6. The summed E-state index contributed by atoms with van der Waals surface area (Å²) in [7, 11) is 1.70. The average molecular weight is 279 g/mol. The van der Waals surface area contributed by atoms with Gasteiger partial charge in [-0.25, -0.2) is 4.98 Å². The minimum Gasteiger partial charge on any atom is -0.497 e. The number of hydrogen-bond donors (Lipinski definition) is 0. The molecule has 4 rings (SSSR count). The number of thiazole rings is 1. The molecule has 0 amide bonds. The lowest BCUT2D eigenvalue weighted by Crippen LogP contribution is -1.85. The molecule has 0 bridgehead atoms. The molecule has 1 aromatic heterocycles. The number of aromatic nitrogens is 1. The molecule has 0 saturated heterocycles. The van der Waals surface area contributed by atoms with E-state index in [4.69, 9.17) is 9.72 Å². The van der Waals surface area contributed by atoms with Crippen LogP contribution in [0.5, 0.6) is 5.75 Å². The quantitative estimate of drug-likeness (QED) is 0.461. The summed E-state index contributed by atoms with van der Waals surface area (Å²) in [5.41, 5.74) is 1.08. The summed E-state index contributed by atoms with van der Waals surface area (Å²) >= 11 is 1.76. The highest BCUT2D eigenvalue weighted by molar-refractivity contribution is 7.19. The van der Waals surface area contributed by atoms with Crippen molar-refractivity contribution >= 4 is 43.1 Å². The Morgan fingerprint density at radius 3 is 2.50 bits per heavy atom. The van der Waals surface area contributed by atoms with Crippen molar-refractivity contribution in [3.8, 4) is 5.75 Å². The highest BCUT2D eigenvalue weighted by Crippen LogP contribution is 2.38. The lowest BCUT2D eigenvalue weighted by molar-refractivity contribution is 0.415. The van der Waals surface area contributed by atoms with Gasteiger partial charge < -0.3 is 4.74 Å². The first-order valence-electron chi connectivity index (χ1n) is 6.53. The molecule has 2 nitrogen and oxygen atoms in total. The third-order valence-corrected chi connectivity index (χ3v) is 4.68. The number of nitrogens with zero attached hydrogens (tertiary/aromatic N) is 1. The van der Waals surface area contributed by atoms with E-state index in [1.54, 1.807) is 18.4 Å². The molecule has 0 N–H and O–H groups in total. The molecule has 1 heterocycles. The molecule has 0 aliphatic carbocycles. The molecule has 0 fully saturated rings. The number of ether oxygens (including phenoxy) is 1. The van der Waals surface area contributed by atoms with Crippen LogP contribution < -0.4 is 4.74 Å². The van der Waals surface area contributed by atoms with Gasteiger partial charge in [-0.1, -0.05) is 24.3 Å². The van der Waals surface area contributed by atoms with E-state index >= 15 is 0 Å². The van der Waals surface area contributed by atoms with Gasteiger partial charge in [0, 0.05) is 10.8 Å². The molecule has 20 heavy (non-hydrogen) atoms. The zero-order valence-corrected chi connectivity index (χ0v) is 12.1. The molecular weight excluding hydrogens is 266 g/mol. The Labute approximate surface area is 120 Å². The van der Waals surface area contributed by atoms with Gasteiger partial charge in [0.2, 0.25) is 0 Å². The topological polar surface area (TPSA) is 22.1 Å². The van der Waals surface area contributed by atoms with Gasteiger partial charge in [0.05, 0.1) is 22.3 Å². The maximum atomic E-state index is 5.37. The van der Waals surface area contributed by atoms with E-state index in [0.717, 1.165) is 16.3 Å². The van der Waals surface area contributed by atoms with Gasteiger partial charge in [0.1, 0.15) is 5.75 Å².